The molecule has 1 aromatic carbocycles. The number of aryl methyl sites for hydroxylation is 1. The lowest BCUT2D eigenvalue weighted by molar-refractivity contribution is 0.0695. The molecule has 1 heterocycles. The van der Waals surface area contributed by atoms with Crippen LogP contribution in [-0.2, 0) is 0 Å². The molecule has 0 unspecified atom stereocenters. The number of fused-ring (bicyclic) bond motifs is 1. The molecule has 0 aliphatic rings. The van der Waals surface area contributed by atoms with Gasteiger partial charge in [0.1, 0.15) is 11.3 Å². The fourth-order valence-electron chi connectivity index (χ4n) is 1.94. The van der Waals surface area contributed by atoms with Crippen LogP contribution < -0.4 is 9.47 Å². The monoisotopic (exact) mass is 247 g/mol. The van der Waals surface area contributed by atoms with Crippen LogP contribution in [0.5, 0.6) is 11.5 Å². The molecule has 0 aliphatic carbocycles. The summed E-state index contributed by atoms with van der Waals surface area (Å²) in [5.41, 5.74) is 1.26. The minimum Gasteiger partial charge on any atom is -0.497 e. The molecule has 5 nitrogen and oxygen atoms in total. The zero-order valence-corrected chi connectivity index (χ0v) is 10.4. The maximum Gasteiger partial charge on any atom is 0.340 e. The third-order valence-electron chi connectivity index (χ3n) is 2.73. The van der Waals surface area contributed by atoms with E-state index in [4.69, 9.17) is 9.47 Å². The number of carbonyl (C=O) groups is 1. The topological polar surface area (TPSA) is 68.7 Å². The first-order valence-electron chi connectivity index (χ1n) is 5.34. The molecule has 2 rings (SSSR count). The second-order valence-corrected chi connectivity index (χ2v) is 3.79. The average Bonchev–Trinajstić information content (AvgIpc) is 2.36. The third kappa shape index (κ3) is 1.84. The van der Waals surface area contributed by atoms with Gasteiger partial charge in [-0.3, -0.25) is 0 Å². The predicted octanol–water partition coefficient (Wildman–Crippen LogP) is 2.26. The Bertz CT molecular complexity index is 622. The van der Waals surface area contributed by atoms with E-state index in [0.717, 1.165) is 0 Å². The number of benzene rings is 1. The van der Waals surface area contributed by atoms with Gasteiger partial charge in [0.2, 0.25) is 0 Å². The van der Waals surface area contributed by atoms with Gasteiger partial charge in [-0.1, -0.05) is 0 Å². The number of ether oxygens (including phenoxy) is 2. The van der Waals surface area contributed by atoms with E-state index in [9.17, 15) is 9.90 Å². The highest BCUT2D eigenvalue weighted by atomic mass is 16.5. The molecule has 0 amide bonds. The zero-order valence-electron chi connectivity index (χ0n) is 10.4. The Kier molecular flexibility index (Phi) is 3.06. The summed E-state index contributed by atoms with van der Waals surface area (Å²) in [6.45, 7) is 1.72. The normalized spacial score (nSPS) is 10.4. The van der Waals surface area contributed by atoms with E-state index >= 15 is 0 Å². The summed E-state index contributed by atoms with van der Waals surface area (Å²) in [5.74, 6) is -0.184. The fraction of sp³-hybridized carbons (Fsp3) is 0.231. The number of nitrogens with zero attached hydrogens (tertiary/aromatic N) is 1. The smallest absolute Gasteiger partial charge is 0.340 e. The van der Waals surface area contributed by atoms with Gasteiger partial charge in [0.05, 0.1) is 25.4 Å². The van der Waals surface area contributed by atoms with Gasteiger partial charge in [-0.2, -0.15) is 0 Å². The summed E-state index contributed by atoms with van der Waals surface area (Å²) in [6, 6.07) is 5.12. The highest BCUT2D eigenvalue weighted by molar-refractivity contribution is 6.05. The maximum atomic E-state index is 11.4. The Hall–Kier alpha value is -2.30. The number of hydrogen-bond acceptors (Lipinski definition) is 4. The number of aromatic carboxylic acids is 1. The zero-order chi connectivity index (χ0) is 13.3. The molecule has 0 saturated heterocycles. The van der Waals surface area contributed by atoms with Crippen molar-refractivity contribution in [3.05, 3.63) is 29.5 Å². The van der Waals surface area contributed by atoms with Gasteiger partial charge in [-0.05, 0) is 25.1 Å². The van der Waals surface area contributed by atoms with E-state index in [1.54, 1.807) is 25.1 Å². The molecule has 5 heteroatoms. The molecular formula is C13H13NO4. The van der Waals surface area contributed by atoms with Gasteiger partial charge in [0.15, 0.2) is 5.75 Å². The summed E-state index contributed by atoms with van der Waals surface area (Å²) < 4.78 is 10.2. The van der Waals surface area contributed by atoms with Crippen LogP contribution in [0.25, 0.3) is 10.9 Å². The highest BCUT2D eigenvalue weighted by Crippen LogP contribution is 2.31. The third-order valence-corrected chi connectivity index (χ3v) is 2.73. The number of hydrogen-bond donors (Lipinski definition) is 1. The average molecular weight is 247 g/mol. The van der Waals surface area contributed by atoms with E-state index in [1.807, 2.05) is 0 Å². The van der Waals surface area contributed by atoms with E-state index in [0.29, 0.717) is 22.3 Å². The van der Waals surface area contributed by atoms with Crippen molar-refractivity contribution in [1.29, 1.82) is 0 Å². The first-order chi connectivity index (χ1) is 8.58. The van der Waals surface area contributed by atoms with Gasteiger partial charge in [-0.15, -0.1) is 0 Å². The van der Waals surface area contributed by atoms with Crippen LogP contribution in [0, 0.1) is 6.92 Å². The van der Waals surface area contributed by atoms with Crippen molar-refractivity contribution < 1.29 is 19.4 Å². The molecule has 0 atom stereocenters. The molecule has 0 radical (unpaired) electrons. The molecule has 1 N–H and O–H groups in total. The number of methoxy groups -OCH3 is 2. The van der Waals surface area contributed by atoms with Gasteiger partial charge >= 0.3 is 5.97 Å². The van der Waals surface area contributed by atoms with Crippen LogP contribution in [0.1, 0.15) is 16.1 Å². The summed E-state index contributed by atoms with van der Waals surface area (Å²) in [6.07, 6.45) is 0. The van der Waals surface area contributed by atoms with Crippen molar-refractivity contribution in [2.75, 3.05) is 14.2 Å². The number of aromatic nitrogens is 1. The van der Waals surface area contributed by atoms with Crippen molar-refractivity contribution in [1.82, 2.24) is 4.98 Å². The van der Waals surface area contributed by atoms with Crippen LogP contribution in [0.3, 0.4) is 0 Å². The molecule has 0 aliphatic heterocycles. The quantitative estimate of drug-likeness (QED) is 0.900. The molecule has 0 saturated carbocycles. The van der Waals surface area contributed by atoms with Crippen molar-refractivity contribution in [3.8, 4) is 11.5 Å². The summed E-state index contributed by atoms with van der Waals surface area (Å²) >= 11 is 0. The lowest BCUT2D eigenvalue weighted by Gasteiger charge is -2.11. The van der Waals surface area contributed by atoms with E-state index in [2.05, 4.69) is 4.98 Å². The molecule has 94 valence electrons. The van der Waals surface area contributed by atoms with E-state index in [1.165, 1.54) is 14.2 Å². The first-order valence-corrected chi connectivity index (χ1v) is 5.34. The Balaban J connectivity index is 2.89. The Labute approximate surface area is 104 Å². The number of rotatable bonds is 3. The first kappa shape index (κ1) is 12.2. The highest BCUT2D eigenvalue weighted by Gasteiger charge is 2.19. The molecule has 2 aromatic rings. The minimum atomic E-state index is -1.05. The summed E-state index contributed by atoms with van der Waals surface area (Å²) in [4.78, 5) is 15.7. The van der Waals surface area contributed by atoms with E-state index < -0.39 is 5.97 Å². The Morgan fingerprint density at radius 3 is 2.56 bits per heavy atom. The molecule has 0 bridgehead atoms. The van der Waals surface area contributed by atoms with Gasteiger partial charge < -0.3 is 14.6 Å². The minimum absolute atomic E-state index is 0.110. The molecular weight excluding hydrogens is 234 g/mol. The fourth-order valence-corrected chi connectivity index (χ4v) is 1.94. The van der Waals surface area contributed by atoms with E-state index in [-0.39, 0.29) is 11.3 Å². The van der Waals surface area contributed by atoms with Crippen molar-refractivity contribution in [2.24, 2.45) is 0 Å². The Morgan fingerprint density at radius 2 is 2.00 bits per heavy atom. The molecule has 1 aromatic heterocycles. The summed E-state index contributed by atoms with van der Waals surface area (Å²) in [5, 5.41) is 9.84. The Morgan fingerprint density at radius 1 is 1.28 bits per heavy atom. The van der Waals surface area contributed by atoms with Crippen LogP contribution in [-0.4, -0.2) is 30.3 Å². The van der Waals surface area contributed by atoms with Gasteiger partial charge in [0, 0.05) is 5.39 Å². The SMILES string of the molecule is COc1ccc2nc(C)c(OC)c(C(=O)O)c2c1. The van der Waals surface area contributed by atoms with Crippen LogP contribution >= 0.6 is 0 Å². The summed E-state index contributed by atoms with van der Waals surface area (Å²) in [7, 11) is 2.96. The maximum absolute atomic E-state index is 11.4. The van der Waals surface area contributed by atoms with Crippen molar-refractivity contribution >= 4 is 16.9 Å². The predicted molar refractivity (Wildman–Crippen MR) is 66.5 cm³/mol. The van der Waals surface area contributed by atoms with Crippen molar-refractivity contribution in [3.63, 3.8) is 0 Å². The van der Waals surface area contributed by atoms with Crippen LogP contribution in [0.2, 0.25) is 0 Å². The van der Waals surface area contributed by atoms with Crippen LogP contribution in [0.15, 0.2) is 18.2 Å². The van der Waals surface area contributed by atoms with Crippen molar-refractivity contribution in [2.45, 2.75) is 6.92 Å². The number of carboxylic acid groups (broad SMARTS) is 1. The van der Waals surface area contributed by atoms with Crippen LogP contribution in [0.4, 0.5) is 0 Å². The molecule has 0 fully saturated rings. The second kappa shape index (κ2) is 4.52. The lowest BCUT2D eigenvalue weighted by atomic mass is 10.1. The lowest BCUT2D eigenvalue weighted by Crippen LogP contribution is -2.05. The number of pyridine rings is 1. The second-order valence-electron chi connectivity index (χ2n) is 3.79. The molecule has 18 heavy (non-hydrogen) atoms. The number of carboxylic acids is 1. The molecule has 0 spiro atoms. The standard InChI is InChI=1S/C13H13NO4/c1-7-12(18-3)11(13(15)16)9-6-8(17-2)4-5-10(9)14-7/h4-6H,1-3H3,(H,15,16). The largest absolute Gasteiger partial charge is 0.497 e. The van der Waals surface area contributed by atoms with Gasteiger partial charge in [0.25, 0.3) is 0 Å². The van der Waals surface area contributed by atoms with Gasteiger partial charge in [-0.25, -0.2) is 9.78 Å².